The number of ether oxygens (including phenoxy) is 1. The van der Waals surface area contributed by atoms with Crippen molar-refractivity contribution >= 4 is 11.6 Å². The van der Waals surface area contributed by atoms with E-state index in [2.05, 4.69) is 16.3 Å². The molecule has 0 spiro atoms. The Balaban J connectivity index is 1.88. The van der Waals surface area contributed by atoms with Crippen LogP contribution in [-0.4, -0.2) is 57.2 Å². The van der Waals surface area contributed by atoms with Gasteiger partial charge in [0.1, 0.15) is 5.75 Å². The van der Waals surface area contributed by atoms with Gasteiger partial charge in [-0.1, -0.05) is 13.0 Å². The molecule has 110 valence electrons. The van der Waals surface area contributed by atoms with Gasteiger partial charge in [-0.25, -0.2) is 0 Å². The van der Waals surface area contributed by atoms with Crippen LogP contribution in [0.4, 0.5) is 5.69 Å². The van der Waals surface area contributed by atoms with Crippen LogP contribution in [0.3, 0.4) is 0 Å². The molecular formula is C15H23N3O2. The van der Waals surface area contributed by atoms with Gasteiger partial charge in [-0.15, -0.1) is 0 Å². The fraction of sp³-hybridized carbons (Fsp3) is 0.533. The lowest BCUT2D eigenvalue weighted by Crippen LogP contribution is -2.50. The molecule has 0 aliphatic carbocycles. The third-order valence-corrected chi connectivity index (χ3v) is 3.58. The Hall–Kier alpha value is -1.75. The van der Waals surface area contributed by atoms with Crippen LogP contribution in [-0.2, 0) is 4.79 Å². The molecule has 2 rings (SSSR count). The number of benzene rings is 1. The lowest BCUT2D eigenvalue weighted by atomic mass is 10.2. The van der Waals surface area contributed by atoms with E-state index in [0.717, 1.165) is 44.2 Å². The van der Waals surface area contributed by atoms with Crippen molar-refractivity contribution in [3.8, 4) is 5.75 Å². The molecule has 0 radical (unpaired) electrons. The number of rotatable bonds is 5. The average molecular weight is 277 g/mol. The Labute approximate surface area is 120 Å². The molecule has 1 amide bonds. The van der Waals surface area contributed by atoms with E-state index in [-0.39, 0.29) is 5.91 Å². The van der Waals surface area contributed by atoms with Crippen molar-refractivity contribution in [1.82, 2.24) is 10.2 Å². The monoisotopic (exact) mass is 277 g/mol. The number of carbonyl (C=O) groups excluding carboxylic acids is 1. The van der Waals surface area contributed by atoms with Crippen LogP contribution in [0.1, 0.15) is 6.92 Å². The minimum absolute atomic E-state index is 0.192. The van der Waals surface area contributed by atoms with Gasteiger partial charge in [-0.05, 0) is 18.7 Å². The van der Waals surface area contributed by atoms with Crippen LogP contribution < -0.4 is 15.0 Å². The molecular weight excluding hydrogens is 254 g/mol. The van der Waals surface area contributed by atoms with E-state index in [9.17, 15) is 4.79 Å². The van der Waals surface area contributed by atoms with Crippen molar-refractivity contribution in [3.05, 3.63) is 24.3 Å². The quantitative estimate of drug-likeness (QED) is 0.870. The summed E-state index contributed by atoms with van der Waals surface area (Å²) in [5, 5.41) is 3.08. The Morgan fingerprint density at radius 3 is 2.70 bits per heavy atom. The summed E-state index contributed by atoms with van der Waals surface area (Å²) >= 11 is 0. The van der Waals surface area contributed by atoms with Crippen molar-refractivity contribution in [2.45, 2.75) is 6.92 Å². The van der Waals surface area contributed by atoms with Crippen LogP contribution in [0.5, 0.6) is 5.75 Å². The topological polar surface area (TPSA) is 44.8 Å². The second-order valence-corrected chi connectivity index (χ2v) is 4.85. The highest BCUT2D eigenvalue weighted by atomic mass is 16.5. The van der Waals surface area contributed by atoms with Crippen molar-refractivity contribution in [2.75, 3.05) is 51.3 Å². The maximum Gasteiger partial charge on any atom is 0.236 e. The van der Waals surface area contributed by atoms with Gasteiger partial charge in [0.15, 0.2) is 0 Å². The number of anilines is 1. The van der Waals surface area contributed by atoms with Gasteiger partial charge in [-0.3, -0.25) is 4.79 Å². The summed E-state index contributed by atoms with van der Waals surface area (Å²) in [6, 6.07) is 8.06. The standard InChI is InChI=1S/C15H23N3O2/c1-3-16-12-15(19)18-9-7-17(8-10-18)13-5-4-6-14(11-13)20-2/h4-6,11,16H,3,7-10,12H2,1-2H3. The van der Waals surface area contributed by atoms with Gasteiger partial charge in [0, 0.05) is 37.9 Å². The third-order valence-electron chi connectivity index (χ3n) is 3.58. The van der Waals surface area contributed by atoms with E-state index in [1.807, 2.05) is 30.0 Å². The fourth-order valence-corrected chi connectivity index (χ4v) is 2.36. The summed E-state index contributed by atoms with van der Waals surface area (Å²) < 4.78 is 5.25. The first-order valence-electron chi connectivity index (χ1n) is 7.12. The molecule has 20 heavy (non-hydrogen) atoms. The number of nitrogens with one attached hydrogen (secondary N) is 1. The second kappa shape index (κ2) is 7.14. The van der Waals surface area contributed by atoms with E-state index >= 15 is 0 Å². The molecule has 0 saturated carbocycles. The normalized spacial score (nSPS) is 15.3. The molecule has 1 N–H and O–H groups in total. The fourth-order valence-electron chi connectivity index (χ4n) is 2.36. The Morgan fingerprint density at radius 2 is 2.05 bits per heavy atom. The smallest absolute Gasteiger partial charge is 0.236 e. The molecule has 0 bridgehead atoms. The molecule has 0 unspecified atom stereocenters. The van der Waals surface area contributed by atoms with Gasteiger partial charge in [0.25, 0.3) is 0 Å². The second-order valence-electron chi connectivity index (χ2n) is 4.85. The van der Waals surface area contributed by atoms with Crippen molar-refractivity contribution < 1.29 is 9.53 Å². The molecule has 1 aliphatic heterocycles. The molecule has 0 aromatic heterocycles. The first kappa shape index (κ1) is 14.7. The summed E-state index contributed by atoms with van der Waals surface area (Å²) in [7, 11) is 1.68. The molecule has 5 heteroatoms. The lowest BCUT2D eigenvalue weighted by molar-refractivity contribution is -0.130. The summed E-state index contributed by atoms with van der Waals surface area (Å²) in [6.45, 7) is 6.57. The summed E-state index contributed by atoms with van der Waals surface area (Å²) in [5.41, 5.74) is 1.16. The number of amides is 1. The Kier molecular flexibility index (Phi) is 5.24. The maximum atomic E-state index is 11.9. The van der Waals surface area contributed by atoms with Gasteiger partial charge >= 0.3 is 0 Å². The highest BCUT2D eigenvalue weighted by Crippen LogP contribution is 2.21. The zero-order valence-electron chi connectivity index (χ0n) is 12.3. The van der Waals surface area contributed by atoms with Crippen molar-refractivity contribution in [1.29, 1.82) is 0 Å². The first-order valence-corrected chi connectivity index (χ1v) is 7.12. The summed E-state index contributed by atoms with van der Waals surface area (Å²) in [5.74, 6) is 1.06. The predicted molar refractivity (Wildman–Crippen MR) is 80.3 cm³/mol. The Bertz CT molecular complexity index is 442. The minimum Gasteiger partial charge on any atom is -0.497 e. The molecule has 1 fully saturated rings. The number of hydrogen-bond acceptors (Lipinski definition) is 4. The number of piperazine rings is 1. The molecule has 1 aromatic rings. The van der Waals surface area contributed by atoms with E-state index in [1.54, 1.807) is 7.11 Å². The SMILES string of the molecule is CCNCC(=O)N1CCN(c2cccc(OC)c2)CC1. The summed E-state index contributed by atoms with van der Waals surface area (Å²) in [6.07, 6.45) is 0. The molecule has 1 saturated heterocycles. The third kappa shape index (κ3) is 3.63. The van der Waals surface area contributed by atoms with Crippen LogP contribution >= 0.6 is 0 Å². The number of carbonyl (C=O) groups is 1. The largest absolute Gasteiger partial charge is 0.497 e. The number of likely N-dealkylation sites (N-methyl/N-ethyl adjacent to an activating group) is 1. The number of methoxy groups -OCH3 is 1. The highest BCUT2D eigenvalue weighted by molar-refractivity contribution is 5.78. The predicted octanol–water partition coefficient (Wildman–Crippen LogP) is 0.953. The van der Waals surface area contributed by atoms with Gasteiger partial charge in [0.05, 0.1) is 13.7 Å². The minimum atomic E-state index is 0.192. The van der Waals surface area contributed by atoms with Gasteiger partial charge in [0.2, 0.25) is 5.91 Å². The zero-order chi connectivity index (χ0) is 14.4. The van der Waals surface area contributed by atoms with Crippen LogP contribution in [0.25, 0.3) is 0 Å². The van der Waals surface area contributed by atoms with E-state index in [4.69, 9.17) is 4.74 Å². The lowest BCUT2D eigenvalue weighted by Gasteiger charge is -2.36. The first-order chi connectivity index (χ1) is 9.74. The zero-order valence-corrected chi connectivity index (χ0v) is 12.3. The van der Waals surface area contributed by atoms with Gasteiger partial charge < -0.3 is 19.9 Å². The van der Waals surface area contributed by atoms with E-state index in [0.29, 0.717) is 6.54 Å². The van der Waals surface area contributed by atoms with Crippen LogP contribution in [0.2, 0.25) is 0 Å². The Morgan fingerprint density at radius 1 is 1.30 bits per heavy atom. The van der Waals surface area contributed by atoms with Crippen molar-refractivity contribution in [2.24, 2.45) is 0 Å². The summed E-state index contributed by atoms with van der Waals surface area (Å²) in [4.78, 5) is 16.1. The maximum absolute atomic E-state index is 11.9. The number of nitrogens with zero attached hydrogens (tertiary/aromatic N) is 2. The van der Waals surface area contributed by atoms with Crippen molar-refractivity contribution in [3.63, 3.8) is 0 Å². The van der Waals surface area contributed by atoms with Crippen LogP contribution in [0.15, 0.2) is 24.3 Å². The highest BCUT2D eigenvalue weighted by Gasteiger charge is 2.20. The molecule has 1 heterocycles. The molecule has 1 aliphatic rings. The molecule has 1 aromatic carbocycles. The van der Waals surface area contributed by atoms with Crippen LogP contribution in [0, 0.1) is 0 Å². The van der Waals surface area contributed by atoms with Gasteiger partial charge in [-0.2, -0.15) is 0 Å². The van der Waals surface area contributed by atoms with E-state index in [1.165, 1.54) is 0 Å². The molecule has 0 atom stereocenters. The number of hydrogen-bond donors (Lipinski definition) is 1. The molecule has 5 nitrogen and oxygen atoms in total. The average Bonchev–Trinajstić information content (AvgIpc) is 2.52. The van der Waals surface area contributed by atoms with E-state index < -0.39 is 0 Å².